The van der Waals surface area contributed by atoms with Gasteiger partial charge in [0.1, 0.15) is 11.5 Å². The normalized spacial score (nSPS) is 19.0. The Morgan fingerprint density at radius 3 is 2.62 bits per heavy atom. The molecule has 1 amide bonds. The monoisotopic (exact) mass is 327 g/mol. The van der Waals surface area contributed by atoms with Crippen LogP contribution >= 0.6 is 0 Å². The molecule has 0 bridgehead atoms. The number of imidazole rings is 1. The molecule has 6 heteroatoms. The minimum atomic E-state index is 0.103. The molecule has 0 spiro atoms. The lowest BCUT2D eigenvalue weighted by molar-refractivity contribution is 0.0671. The highest BCUT2D eigenvalue weighted by atomic mass is 16.2. The molecule has 128 valence electrons. The Bertz CT molecular complexity index is 734. The smallest absolute Gasteiger partial charge is 0.272 e. The van der Waals surface area contributed by atoms with Gasteiger partial charge in [-0.3, -0.25) is 9.48 Å². The summed E-state index contributed by atoms with van der Waals surface area (Å²) in [5.41, 5.74) is 1.94. The van der Waals surface area contributed by atoms with Crippen molar-refractivity contribution in [2.24, 2.45) is 13.0 Å². The van der Waals surface area contributed by atoms with Crippen molar-refractivity contribution in [3.8, 4) is 0 Å². The van der Waals surface area contributed by atoms with Crippen LogP contribution in [0.25, 0.3) is 0 Å². The van der Waals surface area contributed by atoms with E-state index in [1.54, 1.807) is 16.9 Å². The summed E-state index contributed by atoms with van der Waals surface area (Å²) in [5, 5.41) is 4.10. The summed E-state index contributed by atoms with van der Waals surface area (Å²) in [6.07, 6.45) is 8.38. The fourth-order valence-corrected chi connectivity index (χ4v) is 3.71. The number of carbonyl (C=O) groups is 1. The van der Waals surface area contributed by atoms with E-state index >= 15 is 0 Å². The van der Waals surface area contributed by atoms with Crippen LogP contribution in [0.2, 0.25) is 0 Å². The zero-order valence-electron chi connectivity index (χ0n) is 14.5. The molecular formula is C18H25N5O. The van der Waals surface area contributed by atoms with Crippen LogP contribution < -0.4 is 0 Å². The zero-order valence-corrected chi connectivity index (χ0v) is 14.5. The van der Waals surface area contributed by atoms with Crippen LogP contribution in [0.1, 0.15) is 53.6 Å². The molecule has 24 heavy (non-hydrogen) atoms. The Morgan fingerprint density at radius 2 is 2.00 bits per heavy atom. The van der Waals surface area contributed by atoms with Crippen molar-refractivity contribution < 1.29 is 4.79 Å². The maximum Gasteiger partial charge on any atom is 0.272 e. The third-order valence-electron chi connectivity index (χ3n) is 5.41. The number of aromatic nitrogens is 4. The van der Waals surface area contributed by atoms with Gasteiger partial charge in [-0.1, -0.05) is 0 Å². The van der Waals surface area contributed by atoms with Crippen molar-refractivity contribution in [2.45, 2.75) is 45.1 Å². The molecule has 1 aliphatic carbocycles. The summed E-state index contributed by atoms with van der Waals surface area (Å²) < 4.78 is 4.08. The first kappa shape index (κ1) is 15.4. The highest BCUT2D eigenvalue weighted by molar-refractivity contribution is 5.92. The average Bonchev–Trinajstić information content (AvgIpc) is 3.25. The van der Waals surface area contributed by atoms with Gasteiger partial charge in [0.15, 0.2) is 0 Å². The van der Waals surface area contributed by atoms with Crippen LogP contribution in [0.4, 0.5) is 0 Å². The second-order valence-corrected chi connectivity index (χ2v) is 7.22. The van der Waals surface area contributed by atoms with E-state index in [9.17, 15) is 4.79 Å². The number of piperidine rings is 1. The molecular weight excluding hydrogens is 302 g/mol. The van der Waals surface area contributed by atoms with Gasteiger partial charge in [0.2, 0.25) is 0 Å². The molecule has 1 aliphatic heterocycles. The topological polar surface area (TPSA) is 56.0 Å². The molecule has 1 saturated heterocycles. The van der Waals surface area contributed by atoms with E-state index in [4.69, 9.17) is 0 Å². The molecule has 3 heterocycles. The van der Waals surface area contributed by atoms with Crippen molar-refractivity contribution in [3.63, 3.8) is 0 Å². The Kier molecular flexibility index (Phi) is 3.90. The Morgan fingerprint density at radius 1 is 1.25 bits per heavy atom. The molecule has 0 unspecified atom stereocenters. The fourth-order valence-electron chi connectivity index (χ4n) is 3.71. The van der Waals surface area contributed by atoms with Gasteiger partial charge in [0.05, 0.1) is 0 Å². The predicted molar refractivity (Wildman–Crippen MR) is 90.8 cm³/mol. The van der Waals surface area contributed by atoms with Gasteiger partial charge in [-0.25, -0.2) is 4.98 Å². The van der Waals surface area contributed by atoms with E-state index in [1.165, 1.54) is 24.4 Å². The van der Waals surface area contributed by atoms with Crippen LogP contribution in [0, 0.1) is 12.8 Å². The first-order valence-electron chi connectivity index (χ1n) is 8.93. The van der Waals surface area contributed by atoms with E-state index in [-0.39, 0.29) is 5.91 Å². The van der Waals surface area contributed by atoms with Gasteiger partial charge in [-0.2, -0.15) is 5.10 Å². The van der Waals surface area contributed by atoms with Crippen LogP contribution in [0.3, 0.4) is 0 Å². The lowest BCUT2D eigenvalue weighted by atomic mass is 9.96. The summed E-state index contributed by atoms with van der Waals surface area (Å²) >= 11 is 0. The van der Waals surface area contributed by atoms with Crippen molar-refractivity contribution >= 4 is 5.91 Å². The van der Waals surface area contributed by atoms with Crippen molar-refractivity contribution in [3.05, 3.63) is 35.7 Å². The largest absolute Gasteiger partial charge is 0.337 e. The number of nitrogens with zero attached hydrogens (tertiary/aromatic N) is 5. The number of hydrogen-bond donors (Lipinski definition) is 0. The van der Waals surface area contributed by atoms with Gasteiger partial charge < -0.3 is 9.47 Å². The number of hydrogen-bond acceptors (Lipinski definition) is 3. The molecule has 0 aromatic carbocycles. The zero-order chi connectivity index (χ0) is 16.7. The van der Waals surface area contributed by atoms with Gasteiger partial charge in [0.25, 0.3) is 5.91 Å². The van der Waals surface area contributed by atoms with Gasteiger partial charge >= 0.3 is 0 Å². The number of likely N-dealkylation sites (tertiary alicyclic amines) is 1. The molecule has 0 N–H and O–H groups in total. The number of aryl methyl sites for hydroxylation is 2. The van der Waals surface area contributed by atoms with Crippen molar-refractivity contribution in [1.82, 2.24) is 24.2 Å². The predicted octanol–water partition coefficient (Wildman–Crippen LogP) is 2.35. The van der Waals surface area contributed by atoms with Gasteiger partial charge in [-0.05, 0) is 44.6 Å². The Hall–Kier alpha value is -2.11. The number of amides is 1. The second kappa shape index (κ2) is 6.07. The van der Waals surface area contributed by atoms with Crippen LogP contribution in [0.15, 0.2) is 18.5 Å². The van der Waals surface area contributed by atoms with Crippen LogP contribution in [0.5, 0.6) is 0 Å². The third kappa shape index (κ3) is 2.85. The van der Waals surface area contributed by atoms with Crippen molar-refractivity contribution in [1.29, 1.82) is 0 Å². The lowest BCUT2D eigenvalue weighted by Crippen LogP contribution is -2.40. The summed E-state index contributed by atoms with van der Waals surface area (Å²) in [4.78, 5) is 19.1. The lowest BCUT2D eigenvalue weighted by Gasteiger charge is -2.32. The summed E-state index contributed by atoms with van der Waals surface area (Å²) in [6.45, 7) is 4.87. The molecule has 2 aliphatic rings. The third-order valence-corrected chi connectivity index (χ3v) is 5.41. The summed E-state index contributed by atoms with van der Waals surface area (Å²) in [6, 6.07) is 1.80. The number of rotatable bonds is 4. The van der Waals surface area contributed by atoms with E-state index in [2.05, 4.69) is 21.6 Å². The minimum Gasteiger partial charge on any atom is -0.337 e. The number of carbonyl (C=O) groups excluding carboxylic acids is 1. The van der Waals surface area contributed by atoms with Crippen molar-refractivity contribution in [2.75, 3.05) is 13.1 Å². The van der Waals surface area contributed by atoms with E-state index in [0.29, 0.717) is 17.5 Å². The van der Waals surface area contributed by atoms with E-state index in [1.807, 2.05) is 18.1 Å². The maximum absolute atomic E-state index is 12.6. The van der Waals surface area contributed by atoms with Gasteiger partial charge in [0, 0.05) is 50.7 Å². The standard InChI is InChI=1S/C18H25N5O/c1-13-11-19-17(15-3-4-15)23(13)12-14-6-9-22(10-7-14)18(24)16-5-8-20-21(16)2/h5,8,11,14-15H,3-4,6-7,9-10,12H2,1-2H3. The highest BCUT2D eigenvalue weighted by Gasteiger charge is 2.30. The first-order valence-corrected chi connectivity index (χ1v) is 8.93. The second-order valence-electron chi connectivity index (χ2n) is 7.22. The average molecular weight is 327 g/mol. The van der Waals surface area contributed by atoms with Gasteiger partial charge in [-0.15, -0.1) is 0 Å². The van der Waals surface area contributed by atoms with E-state index in [0.717, 1.165) is 32.5 Å². The maximum atomic E-state index is 12.6. The molecule has 4 rings (SSSR count). The molecule has 0 atom stereocenters. The summed E-state index contributed by atoms with van der Waals surface area (Å²) in [7, 11) is 1.82. The van der Waals surface area contributed by atoms with Crippen LogP contribution in [-0.2, 0) is 13.6 Å². The van der Waals surface area contributed by atoms with Crippen LogP contribution in [-0.4, -0.2) is 43.2 Å². The highest BCUT2D eigenvalue weighted by Crippen LogP contribution is 2.40. The molecule has 6 nitrogen and oxygen atoms in total. The summed E-state index contributed by atoms with van der Waals surface area (Å²) in [5.74, 6) is 2.70. The minimum absolute atomic E-state index is 0.103. The molecule has 2 fully saturated rings. The molecule has 0 radical (unpaired) electrons. The van der Waals surface area contributed by atoms with E-state index < -0.39 is 0 Å². The molecule has 2 aromatic rings. The SMILES string of the molecule is Cc1cnc(C2CC2)n1CC1CCN(C(=O)c2ccnn2C)CC1. The first-order chi connectivity index (χ1) is 11.6. The Balaban J connectivity index is 1.37. The quantitative estimate of drug-likeness (QED) is 0.866. The fraction of sp³-hybridized carbons (Fsp3) is 0.611. The molecule has 2 aromatic heterocycles. The molecule has 1 saturated carbocycles. The Labute approximate surface area is 142 Å².